The number of aliphatic hydroxyl groups is 5. The maximum atomic E-state index is 13.4. The van der Waals surface area contributed by atoms with Crippen molar-refractivity contribution in [3.63, 3.8) is 0 Å². The molecule has 0 saturated carbocycles. The van der Waals surface area contributed by atoms with Gasteiger partial charge in [0.1, 0.15) is 24.4 Å². The lowest BCUT2D eigenvalue weighted by Crippen LogP contribution is -2.61. The molecule has 1 rings (SSSR count). The Hall–Kier alpha value is -2.38. The fourth-order valence-electron chi connectivity index (χ4n) is 10.0. The summed E-state index contributed by atoms with van der Waals surface area (Å²) in [5.74, 6) is -1.21. The molecule has 0 aliphatic carbocycles. The predicted molar refractivity (Wildman–Crippen MR) is 315 cm³/mol. The van der Waals surface area contributed by atoms with Crippen molar-refractivity contribution in [1.82, 2.24) is 5.32 Å². The van der Waals surface area contributed by atoms with Crippen molar-refractivity contribution in [1.29, 1.82) is 0 Å². The van der Waals surface area contributed by atoms with E-state index in [1.807, 2.05) is 30.4 Å². The normalized spacial score (nSPS) is 19.4. The number of hydrogen-bond acceptors (Lipinski definition) is 10. The van der Waals surface area contributed by atoms with Gasteiger partial charge in [0.25, 0.3) is 0 Å². The van der Waals surface area contributed by atoms with Crippen LogP contribution in [0.2, 0.25) is 0 Å². The Kier molecular flexibility index (Phi) is 50.2. The Morgan fingerprint density at radius 2 is 0.947 bits per heavy atom. The number of aliphatic hydroxyl groups excluding tert-OH is 5. The van der Waals surface area contributed by atoms with Crippen molar-refractivity contribution >= 4 is 11.9 Å². The van der Waals surface area contributed by atoms with Crippen molar-refractivity contribution in [3.8, 4) is 0 Å². The third-order valence-electron chi connectivity index (χ3n) is 15.1. The van der Waals surface area contributed by atoms with Crippen LogP contribution in [0.4, 0.5) is 0 Å². The molecular formula is C65H119NO10. The minimum Gasteiger partial charge on any atom is -0.454 e. The second-order valence-electron chi connectivity index (χ2n) is 22.2. The monoisotopic (exact) mass is 1070 g/mol. The first-order valence-electron chi connectivity index (χ1n) is 31.9. The molecule has 1 saturated heterocycles. The van der Waals surface area contributed by atoms with Crippen LogP contribution < -0.4 is 5.32 Å². The van der Waals surface area contributed by atoms with Gasteiger partial charge < -0.3 is 45.1 Å². The molecule has 0 radical (unpaired) electrons. The zero-order chi connectivity index (χ0) is 55.4. The van der Waals surface area contributed by atoms with E-state index in [9.17, 15) is 35.1 Å². The van der Waals surface area contributed by atoms with E-state index < -0.39 is 67.4 Å². The molecule has 0 aromatic heterocycles. The third kappa shape index (κ3) is 40.8. The summed E-state index contributed by atoms with van der Waals surface area (Å²) in [6, 6.07) is -1.03. The largest absolute Gasteiger partial charge is 0.454 e. The molecule has 8 unspecified atom stereocenters. The van der Waals surface area contributed by atoms with Gasteiger partial charge in [-0.1, -0.05) is 288 Å². The molecule has 1 aliphatic heterocycles. The first kappa shape index (κ1) is 71.6. The number of rotatable bonds is 54. The molecule has 0 bridgehead atoms. The number of carbonyl (C=O) groups is 2. The summed E-state index contributed by atoms with van der Waals surface area (Å²) in [5.41, 5.74) is 0. The standard InChI is InChI=1S/C65H119NO10/c1-4-7-10-13-16-19-22-25-26-27-28-29-30-31-32-33-34-35-38-41-44-47-50-53-60(70)76-63-62(72)61(71)59(54-67)75-65(63)74-55-56(57(68)51-48-45-42-39-36-23-20-17-14-11-8-5-2)66-64(73)58(69)52-49-46-43-40-37-24-21-18-15-12-9-6-3/h9,12,15,18,21,24,48,51,56-59,61-63,65,67-69,71-72H,4-8,10-11,13-14,16-17,19-20,22-23,25-47,49-50,52-55H2,1-3H3,(H,66,73)/b12-9+,18-15+,24-21-,51-48+. The van der Waals surface area contributed by atoms with Gasteiger partial charge in [0.05, 0.1) is 25.4 Å². The molecule has 0 aromatic rings. The van der Waals surface area contributed by atoms with Crippen molar-refractivity contribution in [2.45, 2.75) is 339 Å². The van der Waals surface area contributed by atoms with Crippen LogP contribution in [0, 0.1) is 0 Å². The molecule has 6 N–H and O–H groups in total. The number of ether oxygens (including phenoxy) is 3. The highest BCUT2D eigenvalue weighted by Gasteiger charge is 2.47. The summed E-state index contributed by atoms with van der Waals surface area (Å²) in [6.45, 7) is 5.66. The SMILES string of the molecule is CC/C=C/C=C/C=C\CCCCCCC(O)C(=O)NC(COC1OC(CO)C(O)C(O)C1OC(=O)CCCCCCCCCCCCCCCCCCCCCCCCC)C(O)/C=C/CCCCCCCCCCCC. The average Bonchev–Trinajstić information content (AvgIpc) is 3.42. The van der Waals surface area contributed by atoms with Crippen LogP contribution in [-0.2, 0) is 23.8 Å². The van der Waals surface area contributed by atoms with E-state index >= 15 is 0 Å². The third-order valence-corrected chi connectivity index (χ3v) is 15.1. The van der Waals surface area contributed by atoms with Gasteiger partial charge >= 0.3 is 5.97 Å². The summed E-state index contributed by atoms with van der Waals surface area (Å²) in [6.07, 6.45) is 54.5. The van der Waals surface area contributed by atoms with Gasteiger partial charge in [-0.2, -0.15) is 0 Å². The highest BCUT2D eigenvalue weighted by Crippen LogP contribution is 2.26. The van der Waals surface area contributed by atoms with Crippen LogP contribution in [0.5, 0.6) is 0 Å². The second-order valence-corrected chi connectivity index (χ2v) is 22.2. The average molecular weight is 1070 g/mol. The number of unbranched alkanes of at least 4 members (excludes halogenated alkanes) is 36. The van der Waals surface area contributed by atoms with E-state index in [0.717, 1.165) is 70.6 Å². The number of nitrogens with one attached hydrogen (secondary N) is 1. The lowest BCUT2D eigenvalue weighted by Gasteiger charge is -2.41. The highest BCUT2D eigenvalue weighted by atomic mass is 16.7. The van der Waals surface area contributed by atoms with Gasteiger partial charge in [-0.25, -0.2) is 0 Å². The Morgan fingerprint density at radius 1 is 0.526 bits per heavy atom. The van der Waals surface area contributed by atoms with Crippen LogP contribution in [-0.4, -0.2) is 99.6 Å². The molecule has 8 atom stereocenters. The minimum absolute atomic E-state index is 0.125. The van der Waals surface area contributed by atoms with Crippen molar-refractivity contribution < 1.29 is 49.3 Å². The quantitative estimate of drug-likeness (QED) is 0.0149. The fourth-order valence-corrected chi connectivity index (χ4v) is 10.0. The first-order chi connectivity index (χ1) is 37.2. The number of allylic oxidation sites excluding steroid dienone is 7. The van der Waals surface area contributed by atoms with E-state index in [2.05, 4.69) is 38.2 Å². The topological polar surface area (TPSA) is 175 Å². The molecule has 0 aromatic carbocycles. The van der Waals surface area contributed by atoms with Crippen molar-refractivity contribution in [2.24, 2.45) is 0 Å². The number of amides is 1. The van der Waals surface area contributed by atoms with E-state index in [-0.39, 0.29) is 19.4 Å². The summed E-state index contributed by atoms with van der Waals surface area (Å²) < 4.78 is 17.6. The van der Waals surface area contributed by atoms with Crippen LogP contribution in [0.1, 0.15) is 290 Å². The first-order valence-corrected chi connectivity index (χ1v) is 31.9. The van der Waals surface area contributed by atoms with Crippen LogP contribution in [0.15, 0.2) is 48.6 Å². The smallest absolute Gasteiger partial charge is 0.306 e. The predicted octanol–water partition coefficient (Wildman–Crippen LogP) is 15.2. The zero-order valence-corrected chi connectivity index (χ0v) is 49.1. The molecule has 1 heterocycles. The van der Waals surface area contributed by atoms with Gasteiger partial charge in [-0.15, -0.1) is 0 Å². The molecule has 1 amide bonds. The molecule has 1 aliphatic rings. The van der Waals surface area contributed by atoms with Crippen LogP contribution >= 0.6 is 0 Å². The maximum absolute atomic E-state index is 13.4. The lowest BCUT2D eigenvalue weighted by atomic mass is 9.99. The molecule has 1 fully saturated rings. The van der Waals surface area contributed by atoms with Gasteiger partial charge in [-0.05, 0) is 44.9 Å². The van der Waals surface area contributed by atoms with Crippen LogP contribution in [0.3, 0.4) is 0 Å². The Bertz CT molecular complexity index is 1420. The Morgan fingerprint density at radius 3 is 1.41 bits per heavy atom. The molecular weight excluding hydrogens is 955 g/mol. The molecule has 444 valence electrons. The maximum Gasteiger partial charge on any atom is 0.306 e. The summed E-state index contributed by atoms with van der Waals surface area (Å²) >= 11 is 0. The van der Waals surface area contributed by atoms with E-state index in [4.69, 9.17) is 14.2 Å². The number of esters is 1. The Balaban J connectivity index is 2.59. The van der Waals surface area contributed by atoms with Crippen LogP contribution in [0.25, 0.3) is 0 Å². The number of hydrogen-bond donors (Lipinski definition) is 6. The van der Waals surface area contributed by atoms with Gasteiger partial charge in [-0.3, -0.25) is 9.59 Å². The lowest BCUT2D eigenvalue weighted by molar-refractivity contribution is -0.305. The molecule has 11 heteroatoms. The molecule has 0 spiro atoms. The Labute approximate surface area is 466 Å². The van der Waals surface area contributed by atoms with Gasteiger partial charge in [0.2, 0.25) is 5.91 Å². The van der Waals surface area contributed by atoms with E-state index in [1.54, 1.807) is 6.08 Å². The van der Waals surface area contributed by atoms with Gasteiger partial charge in [0, 0.05) is 6.42 Å². The number of carbonyl (C=O) groups excluding carboxylic acids is 2. The van der Waals surface area contributed by atoms with Crippen molar-refractivity contribution in [3.05, 3.63) is 48.6 Å². The summed E-state index contributed by atoms with van der Waals surface area (Å²) in [4.78, 5) is 26.5. The second kappa shape index (κ2) is 53.3. The minimum atomic E-state index is -1.62. The summed E-state index contributed by atoms with van der Waals surface area (Å²) in [5, 5.41) is 56.9. The summed E-state index contributed by atoms with van der Waals surface area (Å²) in [7, 11) is 0. The van der Waals surface area contributed by atoms with E-state index in [1.165, 1.54) is 173 Å². The molecule has 76 heavy (non-hydrogen) atoms. The zero-order valence-electron chi connectivity index (χ0n) is 49.1. The highest BCUT2D eigenvalue weighted by molar-refractivity contribution is 5.80. The fraction of sp³-hybridized carbons (Fsp3) is 0.846. The van der Waals surface area contributed by atoms with Crippen molar-refractivity contribution in [2.75, 3.05) is 13.2 Å². The molecule has 11 nitrogen and oxygen atoms in total. The van der Waals surface area contributed by atoms with Gasteiger partial charge in [0.15, 0.2) is 12.4 Å². The van der Waals surface area contributed by atoms with E-state index in [0.29, 0.717) is 12.8 Å².